The number of pyridine rings is 3. The van der Waals surface area contributed by atoms with Crippen molar-refractivity contribution in [3.63, 3.8) is 0 Å². The predicted molar refractivity (Wildman–Crippen MR) is 426 cm³/mol. The Morgan fingerprint density at radius 1 is 0.532 bits per heavy atom. The number of carboxylic acids is 2. The lowest BCUT2D eigenvalue weighted by molar-refractivity contribution is -0.890. The fourth-order valence-electron chi connectivity index (χ4n) is 12.2. The van der Waals surface area contributed by atoms with E-state index in [-0.39, 0.29) is 92.6 Å². The van der Waals surface area contributed by atoms with Crippen molar-refractivity contribution >= 4 is 52.5 Å². The van der Waals surface area contributed by atoms with Gasteiger partial charge in [0.2, 0.25) is 7.37 Å². The molecule has 596 valence electrons. The second-order valence-electron chi connectivity index (χ2n) is 30.1. The molecule has 0 aliphatic carbocycles. The Kier molecular flexibility index (Phi) is 34.3. The molecular weight excluding hydrogens is 1460 g/mol. The third kappa shape index (κ3) is 33.2. The van der Waals surface area contributed by atoms with Gasteiger partial charge >= 0.3 is 11.9 Å². The molecule has 0 saturated carbocycles. The lowest BCUT2D eigenvalue weighted by Crippen LogP contribution is -2.48. The molecule has 2 amide bonds. The Labute approximate surface area is 653 Å². The van der Waals surface area contributed by atoms with Gasteiger partial charge in [0.15, 0.2) is 19.0 Å². The van der Waals surface area contributed by atoms with Crippen LogP contribution in [-0.4, -0.2) is 273 Å². The second kappa shape index (κ2) is 42.8. The number of benzene rings is 3. The number of nitrogens with two attached hydrogens (primary N) is 1. The summed E-state index contributed by atoms with van der Waals surface area (Å²) in [7, 11) is 4.42. The minimum Gasteiger partial charge on any atom is -0.486 e. The summed E-state index contributed by atoms with van der Waals surface area (Å²) < 4.78 is 64.3. The molecular formula is C82H110N12O15PS+3. The average molecular weight is 1570 g/mol. The number of unbranched alkanes of at least 4 members (excludes halogenated alkanes) is 2. The molecule has 29 heteroatoms. The molecule has 0 bridgehead atoms. The maximum atomic E-state index is 13.5. The number of quaternary nitrogens is 3. The fraction of sp³-hybridized carbons (Fsp3) is 0.463. The van der Waals surface area contributed by atoms with Crippen molar-refractivity contribution < 1.29 is 84.3 Å². The Balaban J connectivity index is 1.11. The first-order chi connectivity index (χ1) is 52.6. The summed E-state index contributed by atoms with van der Waals surface area (Å²) in [6, 6.07) is 29.8. The summed E-state index contributed by atoms with van der Waals surface area (Å²) in [5.74, 6) is 16.7. The number of rotatable bonds is 39. The first-order valence-electron chi connectivity index (χ1n) is 37.5. The predicted octanol–water partition coefficient (Wildman–Crippen LogP) is 5.97. The van der Waals surface area contributed by atoms with Crippen molar-refractivity contribution in [2.24, 2.45) is 5.73 Å². The zero-order valence-electron chi connectivity index (χ0n) is 65.5. The van der Waals surface area contributed by atoms with Crippen molar-refractivity contribution in [3.05, 3.63) is 171 Å². The number of nitrogens with zero attached hydrogens (tertiary/aromatic N) is 9. The fourth-order valence-corrected chi connectivity index (χ4v) is 13.4. The average Bonchev–Trinajstić information content (AvgIpc) is 1.54. The standard InChI is InChI=1S/C82H107N12O15PS/c1-10-12-41-92(3,4)43-14-16-72(95)59-107-73-29-23-62(24-30-73)18-21-66-49-70(87-77(52-66)82(100)101)57-91-40-39-89(55-69-50-67(53-80(88-69)110(9,102)103)22-19-64-27-33-75(34-28-64)109-61-79(97)85-36-46-94(7,8)44-15-47-111(104,105)106)37-38-90(58-71(91)54-83)56-68-48-65(51-76(86-68)81(98)99)20-17-63-25-31-74(32-26-63)108-60-78(96)84-35-45-93(5,6)42-13-11-2/h23-34,48-53,71H,10-16,35-47,54-61,83H2,1-9H3,(H3-3,84,85,96,97,98,99,100,101,102,103,104,105,106)/p+3. The van der Waals surface area contributed by atoms with Crippen molar-refractivity contribution in [1.82, 2.24) is 40.3 Å². The number of hydrogen-bond donors (Lipinski definition) is 7. The third-order valence-electron chi connectivity index (χ3n) is 18.8. The molecule has 0 radical (unpaired) electrons. The number of carbonyl (C=O) groups excluding carboxylic acids is 3. The van der Waals surface area contributed by atoms with E-state index < -0.39 is 35.5 Å². The van der Waals surface area contributed by atoms with Gasteiger partial charge in [0.1, 0.15) is 40.7 Å². The second-order valence-corrected chi connectivity index (χ2v) is 33.8. The lowest BCUT2D eigenvalue weighted by atomic mass is 10.1. The molecule has 2 atom stereocenters. The van der Waals surface area contributed by atoms with E-state index in [0.29, 0.717) is 138 Å². The highest BCUT2D eigenvalue weighted by atomic mass is 32.2. The smallest absolute Gasteiger partial charge is 0.354 e. The topological polar surface area (TPSA) is 344 Å². The molecule has 4 heterocycles. The Hall–Kier alpha value is -9.44. The highest BCUT2D eigenvalue weighted by molar-refractivity contribution is 7.85. The van der Waals surface area contributed by atoms with Crippen LogP contribution in [0.2, 0.25) is 0 Å². The summed E-state index contributed by atoms with van der Waals surface area (Å²) in [6.07, 6.45) is 5.94. The molecule has 0 spiro atoms. The number of ketones is 1. The summed E-state index contributed by atoms with van der Waals surface area (Å²) in [4.78, 5) is 95.0. The van der Waals surface area contributed by atoms with Gasteiger partial charge in [-0.1, -0.05) is 62.2 Å². The molecule has 2 unspecified atom stereocenters. The van der Waals surface area contributed by atoms with Gasteiger partial charge in [-0.25, -0.2) is 24.5 Å². The number of carboxylic acid groups (broad SMARTS) is 2. The largest absolute Gasteiger partial charge is 0.486 e. The number of aromatic nitrogens is 3. The highest BCUT2D eigenvalue weighted by Crippen LogP contribution is 2.33. The molecule has 1 saturated heterocycles. The first kappa shape index (κ1) is 88.8. The van der Waals surface area contributed by atoms with E-state index in [0.717, 1.165) is 67.2 Å². The van der Waals surface area contributed by atoms with Gasteiger partial charge < -0.3 is 59.1 Å². The zero-order valence-corrected chi connectivity index (χ0v) is 67.2. The number of nitrogens with one attached hydrogen (secondary N) is 2. The quantitative estimate of drug-likeness (QED) is 0.0101. The Morgan fingerprint density at radius 2 is 0.919 bits per heavy atom. The lowest BCUT2D eigenvalue weighted by Gasteiger charge is -2.33. The Bertz CT molecular complexity index is 4500. The van der Waals surface area contributed by atoms with Crippen LogP contribution in [0.1, 0.15) is 130 Å². The normalized spacial score (nSPS) is 14.4. The number of aromatic carboxylic acids is 2. The summed E-state index contributed by atoms with van der Waals surface area (Å²) in [5, 5.41) is 26.6. The van der Waals surface area contributed by atoms with Gasteiger partial charge in [-0.3, -0.25) is 38.2 Å². The van der Waals surface area contributed by atoms with E-state index in [1.165, 1.54) is 24.9 Å². The van der Waals surface area contributed by atoms with Crippen LogP contribution in [0.25, 0.3) is 0 Å². The molecule has 3 aromatic carbocycles. The van der Waals surface area contributed by atoms with Crippen molar-refractivity contribution in [2.45, 2.75) is 84.5 Å². The number of likely N-dealkylation sites (N-methyl/N-ethyl adjacent to an activating group) is 2. The van der Waals surface area contributed by atoms with E-state index in [9.17, 15) is 52.1 Å². The number of carbonyl (C=O) groups is 5. The minimum absolute atomic E-state index is 0.0186. The molecule has 7 rings (SSSR count). The van der Waals surface area contributed by atoms with Gasteiger partial charge in [0.25, 0.3) is 21.9 Å². The maximum Gasteiger partial charge on any atom is 0.354 e. The first-order valence-corrected chi connectivity index (χ1v) is 41.2. The summed E-state index contributed by atoms with van der Waals surface area (Å²) in [6.45, 7) is 13.1. The molecule has 8 N–H and O–H groups in total. The van der Waals surface area contributed by atoms with Crippen LogP contribution in [0.3, 0.4) is 0 Å². The van der Waals surface area contributed by atoms with Crippen LogP contribution in [0.15, 0.2) is 109 Å². The summed E-state index contributed by atoms with van der Waals surface area (Å²) >= 11 is 0. The van der Waals surface area contributed by atoms with Crippen LogP contribution >= 0.6 is 7.37 Å². The van der Waals surface area contributed by atoms with E-state index >= 15 is 0 Å². The minimum atomic E-state index is -4.06. The van der Waals surface area contributed by atoms with E-state index in [4.69, 9.17) is 29.5 Å². The number of amides is 2. The van der Waals surface area contributed by atoms with Gasteiger partial charge in [-0.15, -0.1) is 0 Å². The number of ether oxygens (including phenoxy) is 3. The van der Waals surface area contributed by atoms with Gasteiger partial charge in [0, 0.05) is 124 Å². The molecule has 111 heavy (non-hydrogen) atoms. The highest BCUT2D eigenvalue weighted by Gasteiger charge is 2.28. The molecule has 27 nitrogen and oxygen atoms in total. The zero-order chi connectivity index (χ0) is 80.8. The van der Waals surface area contributed by atoms with Crippen LogP contribution in [0, 0.1) is 35.5 Å². The molecule has 1 aliphatic rings. The molecule has 1 aliphatic heterocycles. The molecule has 6 aromatic rings. The van der Waals surface area contributed by atoms with Crippen LogP contribution in [0.5, 0.6) is 17.2 Å². The van der Waals surface area contributed by atoms with Crippen LogP contribution in [-0.2, 0) is 48.7 Å². The monoisotopic (exact) mass is 1570 g/mol. The number of hydrogen-bond acceptors (Lipinski definition) is 18. The van der Waals surface area contributed by atoms with E-state index in [1.807, 2.05) is 14.1 Å². The SMILES string of the molecule is CCCC[N+](C)(C)CCCC(=O)COc1ccc(C#Cc2cc(CN3CCN(Cc4cc(C#Cc5ccc(OCC(=O)NCC[N+](C)(C)CCCS(=O)(=O)O)cc5)cc(P(C)(=O)O)n4)CCN(Cc4cc(C#Cc5ccc(OCC(=O)NCC[N+](C)(C)CCCC)cc5)cc(C(=O)O)n4)CC3CN)nc(C(=O)O)c2)cc1. The number of Topliss-reactive ketones (excluding diaryl/α,β-unsaturated/α-hetero) is 1. The van der Waals surface area contributed by atoms with Gasteiger partial charge in [-0.2, -0.15) is 8.42 Å². The van der Waals surface area contributed by atoms with Crippen molar-refractivity contribution in [2.75, 3.05) is 166 Å². The van der Waals surface area contributed by atoms with E-state index in [2.05, 4.69) is 113 Å². The maximum absolute atomic E-state index is 13.5. The summed E-state index contributed by atoms with van der Waals surface area (Å²) in [5.41, 5.74) is 10.5. The van der Waals surface area contributed by atoms with E-state index in [1.54, 1.807) is 91.0 Å². The molecule has 3 aromatic heterocycles. The Morgan fingerprint density at radius 3 is 1.36 bits per heavy atom. The van der Waals surface area contributed by atoms with Crippen LogP contribution in [0.4, 0.5) is 0 Å². The van der Waals surface area contributed by atoms with Gasteiger partial charge in [-0.05, 0) is 122 Å². The van der Waals surface area contributed by atoms with Crippen LogP contribution < -0.4 is 36.0 Å². The third-order valence-corrected chi connectivity index (χ3v) is 20.7. The van der Waals surface area contributed by atoms with Gasteiger partial charge in [0.05, 0.1) is 117 Å². The molecule has 1 fully saturated rings. The van der Waals surface area contributed by atoms with Crippen molar-refractivity contribution in [3.8, 4) is 52.8 Å². The van der Waals surface area contributed by atoms with Crippen molar-refractivity contribution in [1.29, 1.82) is 0 Å².